The van der Waals surface area contributed by atoms with Crippen LogP contribution < -0.4 is 11.1 Å². The minimum atomic E-state index is -0.755. The van der Waals surface area contributed by atoms with Gasteiger partial charge >= 0.3 is 0 Å². The molecule has 3 N–H and O–H groups in total. The van der Waals surface area contributed by atoms with Crippen molar-refractivity contribution in [2.75, 3.05) is 0 Å². The molecule has 3 nitrogen and oxygen atoms in total. The number of rotatable bonds is 5. The number of hydrogen-bond acceptors (Lipinski definition) is 2. The van der Waals surface area contributed by atoms with Gasteiger partial charge in [0.15, 0.2) is 0 Å². The maximum Gasteiger partial charge on any atom is 0.239 e. The van der Waals surface area contributed by atoms with E-state index < -0.39 is 11.9 Å². The standard InChI is InChI=1S/C16H16F2N2O/c1-10-2-3-11(8-14(10)18)9-20-15(16(19)21)12-4-6-13(17)7-5-12/h2-8,15,20H,9H2,1H3,(H2,19,21). The molecule has 0 bridgehead atoms. The number of hydrogen-bond donors (Lipinski definition) is 2. The first kappa shape index (κ1) is 15.1. The number of halogens is 2. The molecule has 0 spiro atoms. The number of carbonyl (C=O) groups is 1. The van der Waals surface area contributed by atoms with Gasteiger partial charge in [0.2, 0.25) is 5.91 Å². The van der Waals surface area contributed by atoms with Crippen molar-refractivity contribution >= 4 is 5.91 Å². The second-order valence-corrected chi connectivity index (χ2v) is 4.85. The smallest absolute Gasteiger partial charge is 0.239 e. The van der Waals surface area contributed by atoms with Gasteiger partial charge in [-0.15, -0.1) is 0 Å². The Morgan fingerprint density at radius 3 is 2.43 bits per heavy atom. The van der Waals surface area contributed by atoms with Crippen LogP contribution in [0.3, 0.4) is 0 Å². The van der Waals surface area contributed by atoms with Gasteiger partial charge in [0.05, 0.1) is 0 Å². The molecule has 2 rings (SSSR count). The van der Waals surface area contributed by atoms with E-state index in [4.69, 9.17) is 5.73 Å². The van der Waals surface area contributed by atoms with Crippen LogP contribution in [0.5, 0.6) is 0 Å². The monoisotopic (exact) mass is 290 g/mol. The van der Waals surface area contributed by atoms with Gasteiger partial charge < -0.3 is 5.73 Å². The Kier molecular flexibility index (Phi) is 4.65. The number of benzene rings is 2. The molecule has 1 unspecified atom stereocenters. The van der Waals surface area contributed by atoms with Crippen molar-refractivity contribution in [1.82, 2.24) is 5.32 Å². The molecule has 1 atom stereocenters. The fraction of sp³-hybridized carbons (Fsp3) is 0.188. The predicted octanol–water partition coefficient (Wildman–Crippen LogP) is 2.59. The van der Waals surface area contributed by atoms with E-state index in [1.807, 2.05) is 0 Å². The summed E-state index contributed by atoms with van der Waals surface area (Å²) in [7, 11) is 0. The van der Waals surface area contributed by atoms with Crippen molar-refractivity contribution < 1.29 is 13.6 Å². The van der Waals surface area contributed by atoms with Gasteiger partial charge in [0.1, 0.15) is 17.7 Å². The van der Waals surface area contributed by atoms with Crippen molar-refractivity contribution in [3.8, 4) is 0 Å². The summed E-state index contributed by atoms with van der Waals surface area (Å²) in [5.41, 5.74) is 7.18. The van der Waals surface area contributed by atoms with Gasteiger partial charge in [0, 0.05) is 6.54 Å². The highest BCUT2D eigenvalue weighted by molar-refractivity contribution is 5.81. The average molecular weight is 290 g/mol. The summed E-state index contributed by atoms with van der Waals surface area (Å²) in [5, 5.41) is 2.95. The van der Waals surface area contributed by atoms with Crippen molar-refractivity contribution in [3.05, 3.63) is 70.8 Å². The lowest BCUT2D eigenvalue weighted by Crippen LogP contribution is -2.33. The van der Waals surface area contributed by atoms with E-state index in [1.165, 1.54) is 30.3 Å². The zero-order valence-electron chi connectivity index (χ0n) is 11.6. The summed E-state index contributed by atoms with van der Waals surface area (Å²) in [5.74, 6) is -1.26. The third kappa shape index (κ3) is 3.86. The van der Waals surface area contributed by atoms with Crippen LogP contribution in [0.25, 0.3) is 0 Å². The van der Waals surface area contributed by atoms with Gasteiger partial charge in [-0.3, -0.25) is 10.1 Å². The van der Waals surface area contributed by atoms with E-state index in [0.29, 0.717) is 16.7 Å². The molecular formula is C16H16F2N2O. The molecule has 0 aromatic heterocycles. The highest BCUT2D eigenvalue weighted by Crippen LogP contribution is 2.15. The van der Waals surface area contributed by atoms with Gasteiger partial charge in [-0.2, -0.15) is 0 Å². The Bertz CT molecular complexity index is 641. The summed E-state index contributed by atoms with van der Waals surface area (Å²) in [4.78, 5) is 11.5. The first-order chi connectivity index (χ1) is 9.97. The summed E-state index contributed by atoms with van der Waals surface area (Å²) < 4.78 is 26.4. The minimum Gasteiger partial charge on any atom is -0.368 e. The lowest BCUT2D eigenvalue weighted by molar-refractivity contribution is -0.120. The van der Waals surface area contributed by atoms with Crippen molar-refractivity contribution in [3.63, 3.8) is 0 Å². The number of nitrogens with two attached hydrogens (primary N) is 1. The van der Waals surface area contributed by atoms with Crippen molar-refractivity contribution in [2.45, 2.75) is 19.5 Å². The van der Waals surface area contributed by atoms with Crippen LogP contribution in [-0.2, 0) is 11.3 Å². The van der Waals surface area contributed by atoms with Gasteiger partial charge in [-0.05, 0) is 41.8 Å². The van der Waals surface area contributed by atoms with E-state index in [9.17, 15) is 13.6 Å². The summed E-state index contributed by atoms with van der Waals surface area (Å²) in [6, 6.07) is 9.61. The van der Waals surface area contributed by atoms with Crippen LogP contribution >= 0.6 is 0 Å². The number of aryl methyl sites for hydroxylation is 1. The zero-order valence-corrected chi connectivity index (χ0v) is 11.6. The molecule has 21 heavy (non-hydrogen) atoms. The van der Waals surface area contributed by atoms with Crippen LogP contribution in [0.1, 0.15) is 22.7 Å². The summed E-state index contributed by atoms with van der Waals surface area (Å²) in [6.07, 6.45) is 0. The minimum absolute atomic E-state index is 0.280. The van der Waals surface area contributed by atoms with E-state index in [0.717, 1.165) is 0 Å². The largest absolute Gasteiger partial charge is 0.368 e. The molecule has 2 aromatic carbocycles. The van der Waals surface area contributed by atoms with Gasteiger partial charge in [-0.1, -0.05) is 24.3 Å². The Labute approximate surface area is 121 Å². The SMILES string of the molecule is Cc1ccc(CNC(C(N)=O)c2ccc(F)cc2)cc1F. The number of primary amides is 1. The Balaban J connectivity index is 2.11. The van der Waals surface area contributed by atoms with Gasteiger partial charge in [0.25, 0.3) is 0 Å². The van der Waals surface area contributed by atoms with Gasteiger partial charge in [-0.25, -0.2) is 8.78 Å². The van der Waals surface area contributed by atoms with Crippen molar-refractivity contribution in [2.24, 2.45) is 5.73 Å². The molecule has 0 heterocycles. The van der Waals surface area contributed by atoms with Crippen LogP contribution in [0.4, 0.5) is 8.78 Å². The molecule has 5 heteroatoms. The molecule has 0 saturated heterocycles. The third-order valence-corrected chi connectivity index (χ3v) is 3.23. The fourth-order valence-electron chi connectivity index (χ4n) is 2.00. The normalized spacial score (nSPS) is 12.1. The molecule has 0 aliphatic heterocycles. The second-order valence-electron chi connectivity index (χ2n) is 4.85. The average Bonchev–Trinajstić information content (AvgIpc) is 2.44. The van der Waals surface area contributed by atoms with Crippen LogP contribution in [-0.4, -0.2) is 5.91 Å². The molecule has 0 fully saturated rings. The Morgan fingerprint density at radius 1 is 1.19 bits per heavy atom. The molecule has 2 aromatic rings. The van der Waals surface area contributed by atoms with E-state index in [2.05, 4.69) is 5.32 Å². The molecule has 0 aliphatic carbocycles. The Morgan fingerprint density at radius 2 is 1.86 bits per heavy atom. The van der Waals surface area contributed by atoms with Crippen LogP contribution in [0, 0.1) is 18.6 Å². The molecule has 1 amide bonds. The maximum absolute atomic E-state index is 13.5. The predicted molar refractivity (Wildman–Crippen MR) is 76.3 cm³/mol. The third-order valence-electron chi connectivity index (χ3n) is 3.23. The highest BCUT2D eigenvalue weighted by Gasteiger charge is 2.17. The summed E-state index contributed by atoms with van der Waals surface area (Å²) >= 11 is 0. The first-order valence-corrected chi connectivity index (χ1v) is 6.50. The van der Waals surface area contributed by atoms with E-state index in [-0.39, 0.29) is 18.2 Å². The van der Waals surface area contributed by atoms with Crippen LogP contribution in [0.15, 0.2) is 42.5 Å². The maximum atomic E-state index is 13.5. The van der Waals surface area contributed by atoms with E-state index in [1.54, 1.807) is 19.1 Å². The Hall–Kier alpha value is -2.27. The lowest BCUT2D eigenvalue weighted by atomic mass is 10.1. The quantitative estimate of drug-likeness (QED) is 0.889. The zero-order chi connectivity index (χ0) is 15.4. The molecule has 110 valence electrons. The topological polar surface area (TPSA) is 55.1 Å². The first-order valence-electron chi connectivity index (χ1n) is 6.50. The molecule has 0 radical (unpaired) electrons. The highest BCUT2D eigenvalue weighted by atomic mass is 19.1. The molecule has 0 aliphatic rings. The fourth-order valence-corrected chi connectivity index (χ4v) is 2.00. The van der Waals surface area contributed by atoms with E-state index >= 15 is 0 Å². The molecule has 0 saturated carbocycles. The second kappa shape index (κ2) is 6.45. The number of nitrogens with one attached hydrogen (secondary N) is 1. The van der Waals surface area contributed by atoms with Crippen LogP contribution in [0.2, 0.25) is 0 Å². The molecular weight excluding hydrogens is 274 g/mol. The number of carbonyl (C=O) groups excluding carboxylic acids is 1. The lowest BCUT2D eigenvalue weighted by Gasteiger charge is -2.16. The number of amides is 1. The summed E-state index contributed by atoms with van der Waals surface area (Å²) in [6.45, 7) is 1.96. The van der Waals surface area contributed by atoms with Crippen molar-refractivity contribution in [1.29, 1.82) is 0 Å².